The molecule has 2 aromatic carbocycles. The highest BCUT2D eigenvalue weighted by molar-refractivity contribution is 6.07. The number of H-pyrrole nitrogens is 1. The first-order valence-corrected chi connectivity index (χ1v) is 8.64. The van der Waals surface area contributed by atoms with Crippen LogP contribution in [0.2, 0.25) is 0 Å². The van der Waals surface area contributed by atoms with E-state index in [1.165, 1.54) is 0 Å². The SMILES string of the molecule is COc1ccc2cc(C(=O)Nc3ccccc3N3CCOCC3)[nH]c2c1. The van der Waals surface area contributed by atoms with Crippen LogP contribution in [-0.4, -0.2) is 44.3 Å². The van der Waals surface area contributed by atoms with Crippen LogP contribution in [-0.2, 0) is 4.74 Å². The molecule has 0 unspecified atom stereocenters. The first-order valence-electron chi connectivity index (χ1n) is 8.64. The van der Waals surface area contributed by atoms with E-state index in [0.717, 1.165) is 41.1 Å². The number of ether oxygens (including phenoxy) is 2. The second kappa shape index (κ2) is 7.09. The van der Waals surface area contributed by atoms with Crippen LogP contribution in [0.4, 0.5) is 11.4 Å². The van der Waals surface area contributed by atoms with Crippen LogP contribution in [0.5, 0.6) is 5.75 Å². The molecule has 1 aliphatic heterocycles. The summed E-state index contributed by atoms with van der Waals surface area (Å²) in [5, 5.41) is 4.00. The van der Waals surface area contributed by atoms with Crippen molar-refractivity contribution >= 4 is 28.2 Å². The Balaban J connectivity index is 1.58. The third-order valence-electron chi connectivity index (χ3n) is 4.58. The van der Waals surface area contributed by atoms with Gasteiger partial charge in [-0.15, -0.1) is 0 Å². The zero-order chi connectivity index (χ0) is 17.9. The van der Waals surface area contributed by atoms with E-state index < -0.39 is 0 Å². The standard InChI is InChI=1S/C20H21N3O3/c1-25-15-7-6-14-12-18(21-17(14)13-15)20(24)22-16-4-2-3-5-19(16)23-8-10-26-11-9-23/h2-7,12-13,21H,8-11H2,1H3,(H,22,24). The Morgan fingerprint density at radius 1 is 1.15 bits per heavy atom. The number of morpholine rings is 1. The molecule has 6 heteroatoms. The third kappa shape index (κ3) is 3.23. The van der Waals surface area contributed by atoms with Gasteiger partial charge in [0.25, 0.3) is 5.91 Å². The van der Waals surface area contributed by atoms with E-state index in [0.29, 0.717) is 18.9 Å². The fraction of sp³-hybridized carbons (Fsp3) is 0.250. The molecular weight excluding hydrogens is 330 g/mol. The lowest BCUT2D eigenvalue weighted by molar-refractivity contribution is 0.102. The largest absolute Gasteiger partial charge is 0.497 e. The maximum Gasteiger partial charge on any atom is 0.272 e. The van der Waals surface area contributed by atoms with Gasteiger partial charge in [-0.2, -0.15) is 0 Å². The molecule has 0 spiro atoms. The van der Waals surface area contributed by atoms with Crippen molar-refractivity contribution < 1.29 is 14.3 Å². The number of amides is 1. The van der Waals surface area contributed by atoms with Crippen LogP contribution in [0.15, 0.2) is 48.5 Å². The molecule has 6 nitrogen and oxygen atoms in total. The summed E-state index contributed by atoms with van der Waals surface area (Å²) in [5.41, 5.74) is 3.21. The highest BCUT2D eigenvalue weighted by atomic mass is 16.5. The fourth-order valence-electron chi connectivity index (χ4n) is 3.20. The minimum absolute atomic E-state index is 0.166. The van der Waals surface area contributed by atoms with E-state index in [-0.39, 0.29) is 5.91 Å². The Bertz CT molecular complexity index is 929. The van der Waals surface area contributed by atoms with Crippen LogP contribution in [0.25, 0.3) is 10.9 Å². The lowest BCUT2D eigenvalue weighted by Gasteiger charge is -2.30. The highest BCUT2D eigenvalue weighted by Gasteiger charge is 2.17. The number of nitrogens with zero attached hydrogens (tertiary/aromatic N) is 1. The zero-order valence-electron chi connectivity index (χ0n) is 14.6. The molecule has 1 amide bonds. The topological polar surface area (TPSA) is 66.6 Å². The van der Waals surface area contributed by atoms with Gasteiger partial charge in [-0.1, -0.05) is 12.1 Å². The van der Waals surface area contributed by atoms with Gasteiger partial charge in [-0.25, -0.2) is 0 Å². The number of para-hydroxylation sites is 2. The molecule has 0 atom stereocenters. The molecule has 26 heavy (non-hydrogen) atoms. The van der Waals surface area contributed by atoms with E-state index in [2.05, 4.69) is 15.2 Å². The van der Waals surface area contributed by atoms with E-state index in [1.54, 1.807) is 7.11 Å². The van der Waals surface area contributed by atoms with Gasteiger partial charge in [-0.05, 0) is 30.3 Å². The number of hydrogen-bond donors (Lipinski definition) is 2. The molecule has 1 saturated heterocycles. The van der Waals surface area contributed by atoms with Gasteiger partial charge in [0, 0.05) is 30.1 Å². The molecule has 1 fully saturated rings. The third-order valence-corrected chi connectivity index (χ3v) is 4.58. The summed E-state index contributed by atoms with van der Waals surface area (Å²) >= 11 is 0. The number of aromatic nitrogens is 1. The molecular formula is C20H21N3O3. The Morgan fingerprint density at radius 3 is 2.77 bits per heavy atom. The molecule has 134 valence electrons. The summed E-state index contributed by atoms with van der Waals surface area (Å²) in [7, 11) is 1.63. The van der Waals surface area contributed by atoms with Gasteiger partial charge in [0.2, 0.25) is 0 Å². The number of fused-ring (bicyclic) bond motifs is 1. The predicted octanol–water partition coefficient (Wildman–Crippen LogP) is 3.27. The zero-order valence-corrected chi connectivity index (χ0v) is 14.6. The van der Waals surface area contributed by atoms with E-state index in [9.17, 15) is 4.79 Å². The molecule has 1 aliphatic rings. The first kappa shape index (κ1) is 16.5. The Morgan fingerprint density at radius 2 is 1.96 bits per heavy atom. The molecule has 2 heterocycles. The summed E-state index contributed by atoms with van der Waals surface area (Å²) in [6.45, 7) is 3.04. The van der Waals surface area contributed by atoms with Gasteiger partial charge in [0.1, 0.15) is 11.4 Å². The highest BCUT2D eigenvalue weighted by Crippen LogP contribution is 2.27. The number of anilines is 2. The summed E-state index contributed by atoms with van der Waals surface area (Å²) in [5.74, 6) is 0.588. The summed E-state index contributed by atoms with van der Waals surface area (Å²) in [6.07, 6.45) is 0. The van der Waals surface area contributed by atoms with Gasteiger partial charge >= 0.3 is 0 Å². The molecule has 2 N–H and O–H groups in total. The molecule has 0 aliphatic carbocycles. The average Bonchev–Trinajstić information content (AvgIpc) is 3.12. The minimum Gasteiger partial charge on any atom is -0.497 e. The molecule has 3 aromatic rings. The van der Waals surface area contributed by atoms with Crippen molar-refractivity contribution in [1.29, 1.82) is 0 Å². The van der Waals surface area contributed by atoms with Crippen LogP contribution >= 0.6 is 0 Å². The molecule has 0 radical (unpaired) electrons. The molecule has 1 aromatic heterocycles. The monoisotopic (exact) mass is 351 g/mol. The van der Waals surface area contributed by atoms with Gasteiger partial charge in [0.05, 0.1) is 31.7 Å². The Labute approximate surface area is 151 Å². The number of benzene rings is 2. The van der Waals surface area contributed by atoms with Crippen LogP contribution in [0.3, 0.4) is 0 Å². The first-order chi connectivity index (χ1) is 12.7. The molecule has 0 saturated carbocycles. The maximum absolute atomic E-state index is 12.8. The van der Waals surface area contributed by atoms with E-state index >= 15 is 0 Å². The number of methoxy groups -OCH3 is 1. The van der Waals surface area contributed by atoms with Crippen molar-refractivity contribution in [2.75, 3.05) is 43.6 Å². The number of aromatic amines is 1. The lowest BCUT2D eigenvalue weighted by Crippen LogP contribution is -2.36. The van der Waals surface area contributed by atoms with Crippen molar-refractivity contribution in [1.82, 2.24) is 4.98 Å². The van der Waals surface area contributed by atoms with Crippen molar-refractivity contribution in [3.05, 3.63) is 54.2 Å². The van der Waals surface area contributed by atoms with Gasteiger partial charge in [-0.3, -0.25) is 4.79 Å². The number of hydrogen-bond acceptors (Lipinski definition) is 4. The van der Waals surface area contributed by atoms with Gasteiger partial charge < -0.3 is 24.7 Å². The van der Waals surface area contributed by atoms with E-state index in [1.807, 2.05) is 48.5 Å². The lowest BCUT2D eigenvalue weighted by atomic mass is 10.2. The normalized spacial score (nSPS) is 14.4. The second-order valence-electron chi connectivity index (χ2n) is 6.21. The molecule has 4 rings (SSSR count). The van der Waals surface area contributed by atoms with Crippen molar-refractivity contribution in [2.45, 2.75) is 0 Å². The van der Waals surface area contributed by atoms with Crippen molar-refractivity contribution in [2.24, 2.45) is 0 Å². The number of carbonyl (C=O) groups is 1. The number of nitrogens with one attached hydrogen (secondary N) is 2. The Hall–Kier alpha value is -2.99. The maximum atomic E-state index is 12.8. The van der Waals surface area contributed by atoms with Crippen LogP contribution in [0, 0.1) is 0 Å². The quantitative estimate of drug-likeness (QED) is 0.757. The summed E-state index contributed by atoms with van der Waals surface area (Å²) in [6, 6.07) is 15.4. The Kier molecular flexibility index (Phi) is 4.50. The van der Waals surface area contributed by atoms with Gasteiger partial charge in [0.15, 0.2) is 0 Å². The number of carbonyl (C=O) groups excluding carboxylic acids is 1. The average molecular weight is 351 g/mol. The summed E-state index contributed by atoms with van der Waals surface area (Å²) in [4.78, 5) is 18.2. The van der Waals surface area contributed by atoms with E-state index in [4.69, 9.17) is 9.47 Å². The van der Waals surface area contributed by atoms with Crippen molar-refractivity contribution in [3.8, 4) is 5.75 Å². The minimum atomic E-state index is -0.166. The summed E-state index contributed by atoms with van der Waals surface area (Å²) < 4.78 is 10.7. The number of rotatable bonds is 4. The van der Waals surface area contributed by atoms with Crippen molar-refractivity contribution in [3.63, 3.8) is 0 Å². The van der Waals surface area contributed by atoms with Crippen LogP contribution < -0.4 is 15.0 Å². The second-order valence-corrected chi connectivity index (χ2v) is 6.21. The molecule has 0 bridgehead atoms. The smallest absolute Gasteiger partial charge is 0.272 e. The fourth-order valence-corrected chi connectivity index (χ4v) is 3.20. The van der Waals surface area contributed by atoms with Crippen LogP contribution in [0.1, 0.15) is 10.5 Å². The predicted molar refractivity (Wildman–Crippen MR) is 102 cm³/mol.